The number of fused-ring (bicyclic) bond motifs is 3. The lowest BCUT2D eigenvalue weighted by Crippen LogP contribution is -2.24. The van der Waals surface area contributed by atoms with E-state index in [0.717, 1.165) is 30.1 Å². The topological polar surface area (TPSA) is 34.4 Å². The number of nitrogens with one attached hydrogen (secondary N) is 1. The van der Waals surface area contributed by atoms with E-state index in [4.69, 9.17) is 9.15 Å². The van der Waals surface area contributed by atoms with Crippen molar-refractivity contribution in [3.05, 3.63) is 29.0 Å². The summed E-state index contributed by atoms with van der Waals surface area (Å²) < 4.78 is 12.3. The molecule has 0 bridgehead atoms. The standard InChI is InChI=1S/C17H23NO2/c1-6-18-11(3)14-10(2)13-8-7-12-9-17(4,5)20-15(12)16(13)19-14/h7-8,11,18H,6,9H2,1-5H3. The number of rotatable bonds is 3. The Kier molecular flexibility index (Phi) is 3.05. The maximum Gasteiger partial charge on any atom is 0.176 e. The number of benzene rings is 1. The summed E-state index contributed by atoms with van der Waals surface area (Å²) in [7, 11) is 0. The summed E-state index contributed by atoms with van der Waals surface area (Å²) >= 11 is 0. The second-order valence-corrected chi connectivity index (χ2v) is 6.34. The SMILES string of the molecule is CCNC(C)c1oc2c3c(ccc2c1C)CC(C)(C)O3. The average Bonchev–Trinajstić information content (AvgIpc) is 2.86. The smallest absolute Gasteiger partial charge is 0.176 e. The predicted octanol–water partition coefficient (Wildman–Crippen LogP) is 4.13. The van der Waals surface area contributed by atoms with Crippen molar-refractivity contribution >= 4 is 11.0 Å². The lowest BCUT2D eigenvalue weighted by molar-refractivity contribution is 0.138. The summed E-state index contributed by atoms with van der Waals surface area (Å²) in [6, 6.07) is 4.56. The molecular weight excluding hydrogens is 250 g/mol. The van der Waals surface area contributed by atoms with Gasteiger partial charge in [0.15, 0.2) is 11.3 Å². The van der Waals surface area contributed by atoms with Crippen molar-refractivity contribution in [3.8, 4) is 5.75 Å². The van der Waals surface area contributed by atoms with E-state index in [1.807, 2.05) is 0 Å². The minimum atomic E-state index is -0.134. The van der Waals surface area contributed by atoms with E-state index in [-0.39, 0.29) is 11.6 Å². The Morgan fingerprint density at radius 3 is 2.80 bits per heavy atom. The molecule has 108 valence electrons. The molecule has 2 heterocycles. The molecule has 1 atom stereocenters. The highest BCUT2D eigenvalue weighted by atomic mass is 16.5. The second kappa shape index (κ2) is 4.52. The Labute approximate surface area is 120 Å². The molecule has 1 unspecified atom stereocenters. The third kappa shape index (κ3) is 2.01. The molecular formula is C17H23NO2. The van der Waals surface area contributed by atoms with Crippen LogP contribution in [0.1, 0.15) is 50.6 Å². The summed E-state index contributed by atoms with van der Waals surface area (Å²) in [6.45, 7) is 11.5. The number of ether oxygens (including phenoxy) is 1. The maximum atomic E-state index is 6.16. The zero-order chi connectivity index (χ0) is 14.5. The summed E-state index contributed by atoms with van der Waals surface area (Å²) in [5.74, 6) is 1.95. The van der Waals surface area contributed by atoms with Gasteiger partial charge in [0.25, 0.3) is 0 Å². The lowest BCUT2D eigenvalue weighted by Gasteiger charge is -2.16. The summed E-state index contributed by atoms with van der Waals surface area (Å²) in [4.78, 5) is 0. The van der Waals surface area contributed by atoms with Crippen LogP contribution in [0.15, 0.2) is 16.5 Å². The van der Waals surface area contributed by atoms with E-state index >= 15 is 0 Å². The van der Waals surface area contributed by atoms with Gasteiger partial charge in [-0.15, -0.1) is 0 Å². The molecule has 1 aromatic carbocycles. The summed E-state index contributed by atoms with van der Waals surface area (Å²) in [6.07, 6.45) is 0.941. The van der Waals surface area contributed by atoms with Crippen molar-refractivity contribution in [1.29, 1.82) is 0 Å². The lowest BCUT2D eigenvalue weighted by atomic mass is 10.0. The van der Waals surface area contributed by atoms with E-state index < -0.39 is 0 Å². The van der Waals surface area contributed by atoms with Gasteiger partial charge < -0.3 is 14.5 Å². The third-order valence-electron chi connectivity index (χ3n) is 4.08. The molecule has 3 nitrogen and oxygen atoms in total. The van der Waals surface area contributed by atoms with Crippen LogP contribution in [0.3, 0.4) is 0 Å². The fourth-order valence-electron chi connectivity index (χ4n) is 3.15. The number of furan rings is 1. The van der Waals surface area contributed by atoms with Gasteiger partial charge in [0.1, 0.15) is 11.4 Å². The van der Waals surface area contributed by atoms with Crippen LogP contribution in [0.4, 0.5) is 0 Å². The highest BCUT2D eigenvalue weighted by Crippen LogP contribution is 2.43. The summed E-state index contributed by atoms with van der Waals surface area (Å²) in [5.41, 5.74) is 3.24. The van der Waals surface area contributed by atoms with E-state index in [1.165, 1.54) is 16.5 Å². The number of hydrogen-bond acceptors (Lipinski definition) is 3. The van der Waals surface area contributed by atoms with Crippen LogP contribution in [0, 0.1) is 6.92 Å². The molecule has 0 amide bonds. The van der Waals surface area contributed by atoms with Crippen LogP contribution in [0.5, 0.6) is 5.75 Å². The molecule has 0 aliphatic carbocycles. The fourth-order valence-corrected chi connectivity index (χ4v) is 3.15. The van der Waals surface area contributed by atoms with Gasteiger partial charge in [0.05, 0.1) is 6.04 Å². The van der Waals surface area contributed by atoms with Gasteiger partial charge >= 0.3 is 0 Å². The minimum absolute atomic E-state index is 0.134. The van der Waals surface area contributed by atoms with E-state index in [9.17, 15) is 0 Å². The molecule has 0 radical (unpaired) electrons. The largest absolute Gasteiger partial charge is 0.483 e. The highest BCUT2D eigenvalue weighted by Gasteiger charge is 2.33. The van der Waals surface area contributed by atoms with E-state index in [2.05, 4.69) is 52.1 Å². The van der Waals surface area contributed by atoms with Crippen molar-refractivity contribution in [1.82, 2.24) is 5.32 Å². The molecule has 1 aliphatic rings. The molecule has 3 heteroatoms. The molecule has 1 aliphatic heterocycles. The second-order valence-electron chi connectivity index (χ2n) is 6.34. The molecule has 2 aromatic rings. The third-order valence-corrected chi connectivity index (χ3v) is 4.08. The van der Waals surface area contributed by atoms with Gasteiger partial charge in [-0.2, -0.15) is 0 Å². The van der Waals surface area contributed by atoms with Crippen molar-refractivity contribution < 1.29 is 9.15 Å². The van der Waals surface area contributed by atoms with Crippen LogP contribution in [0.2, 0.25) is 0 Å². The Morgan fingerprint density at radius 2 is 2.10 bits per heavy atom. The first kappa shape index (κ1) is 13.5. The van der Waals surface area contributed by atoms with Gasteiger partial charge in [-0.25, -0.2) is 0 Å². The van der Waals surface area contributed by atoms with Gasteiger partial charge in [0.2, 0.25) is 0 Å². The molecule has 3 rings (SSSR count). The quantitative estimate of drug-likeness (QED) is 0.913. The van der Waals surface area contributed by atoms with Crippen LogP contribution in [-0.2, 0) is 6.42 Å². The fraction of sp³-hybridized carbons (Fsp3) is 0.529. The molecule has 20 heavy (non-hydrogen) atoms. The maximum absolute atomic E-state index is 6.16. The number of aryl methyl sites for hydroxylation is 1. The Morgan fingerprint density at radius 1 is 1.35 bits per heavy atom. The van der Waals surface area contributed by atoms with E-state index in [1.54, 1.807) is 0 Å². The van der Waals surface area contributed by atoms with E-state index in [0.29, 0.717) is 0 Å². The first-order valence-corrected chi connectivity index (χ1v) is 7.40. The molecule has 1 aromatic heterocycles. The Bertz CT molecular complexity index is 655. The van der Waals surface area contributed by atoms with Crippen LogP contribution in [0.25, 0.3) is 11.0 Å². The van der Waals surface area contributed by atoms with Gasteiger partial charge in [-0.05, 0) is 34.2 Å². The van der Waals surface area contributed by atoms with Crippen molar-refractivity contribution in [2.75, 3.05) is 6.54 Å². The molecule has 0 saturated carbocycles. The summed E-state index contributed by atoms with van der Waals surface area (Å²) in [5, 5.41) is 4.58. The Balaban J connectivity index is 2.14. The zero-order valence-electron chi connectivity index (χ0n) is 13.0. The predicted molar refractivity (Wildman–Crippen MR) is 81.5 cm³/mol. The normalized spacial score (nSPS) is 18.1. The van der Waals surface area contributed by atoms with Crippen LogP contribution < -0.4 is 10.1 Å². The Hall–Kier alpha value is -1.48. The monoisotopic (exact) mass is 273 g/mol. The van der Waals surface area contributed by atoms with Crippen LogP contribution in [-0.4, -0.2) is 12.1 Å². The first-order chi connectivity index (χ1) is 9.43. The molecule has 0 fully saturated rings. The van der Waals surface area contributed by atoms with Crippen molar-refractivity contribution in [3.63, 3.8) is 0 Å². The molecule has 0 spiro atoms. The number of hydrogen-bond donors (Lipinski definition) is 1. The van der Waals surface area contributed by atoms with Crippen molar-refractivity contribution in [2.24, 2.45) is 0 Å². The minimum Gasteiger partial charge on any atom is -0.483 e. The van der Waals surface area contributed by atoms with Crippen molar-refractivity contribution in [2.45, 2.75) is 52.7 Å². The zero-order valence-corrected chi connectivity index (χ0v) is 13.0. The van der Waals surface area contributed by atoms with Gasteiger partial charge in [-0.3, -0.25) is 0 Å². The molecule has 1 N–H and O–H groups in total. The molecule has 0 saturated heterocycles. The first-order valence-electron chi connectivity index (χ1n) is 7.40. The highest BCUT2D eigenvalue weighted by molar-refractivity contribution is 5.89. The van der Waals surface area contributed by atoms with Gasteiger partial charge in [-0.1, -0.05) is 19.1 Å². The van der Waals surface area contributed by atoms with Gasteiger partial charge in [0, 0.05) is 22.9 Å². The average molecular weight is 273 g/mol. The van der Waals surface area contributed by atoms with Crippen LogP contribution >= 0.6 is 0 Å².